The number of hydrogen-bond donors (Lipinski definition) is 2. The van der Waals surface area contributed by atoms with Gasteiger partial charge in [-0.3, -0.25) is 14.5 Å². The fourth-order valence-corrected chi connectivity index (χ4v) is 3.42. The molecule has 29 heavy (non-hydrogen) atoms. The van der Waals surface area contributed by atoms with Crippen LogP contribution in [-0.2, 0) is 6.42 Å². The molecule has 1 unspecified atom stereocenters. The molecular formula is C23H27N3O3. The van der Waals surface area contributed by atoms with E-state index in [-0.39, 0.29) is 23.9 Å². The van der Waals surface area contributed by atoms with Crippen molar-refractivity contribution in [3.05, 3.63) is 64.7 Å². The zero-order chi connectivity index (χ0) is 21.3. The first-order chi connectivity index (χ1) is 13.6. The van der Waals surface area contributed by atoms with Gasteiger partial charge in [0.2, 0.25) is 0 Å². The predicted molar refractivity (Wildman–Crippen MR) is 113 cm³/mol. The summed E-state index contributed by atoms with van der Waals surface area (Å²) in [6, 6.07) is 12.3. The molecule has 1 heterocycles. The lowest BCUT2D eigenvalue weighted by molar-refractivity contribution is 0.0507. The maximum Gasteiger partial charge on any atom is 0.319 e. The third-order valence-electron chi connectivity index (χ3n) is 5.05. The van der Waals surface area contributed by atoms with Gasteiger partial charge in [-0.25, -0.2) is 4.79 Å². The summed E-state index contributed by atoms with van der Waals surface area (Å²) >= 11 is 0. The van der Waals surface area contributed by atoms with Crippen LogP contribution in [0, 0.1) is 0 Å². The average Bonchev–Trinajstić information content (AvgIpc) is 2.91. The summed E-state index contributed by atoms with van der Waals surface area (Å²) in [6.45, 7) is 9.45. The average molecular weight is 393 g/mol. The summed E-state index contributed by atoms with van der Waals surface area (Å²) in [7, 11) is 0. The van der Waals surface area contributed by atoms with Crippen LogP contribution in [-0.4, -0.2) is 28.3 Å². The number of benzene rings is 2. The largest absolute Gasteiger partial charge is 0.331 e. The van der Waals surface area contributed by atoms with Crippen molar-refractivity contribution < 1.29 is 14.4 Å². The van der Waals surface area contributed by atoms with Crippen molar-refractivity contribution in [2.75, 3.05) is 5.32 Å². The Hall–Kier alpha value is -3.15. The Morgan fingerprint density at radius 3 is 2.21 bits per heavy atom. The molecule has 0 radical (unpaired) electrons. The first-order valence-corrected chi connectivity index (χ1v) is 9.81. The van der Waals surface area contributed by atoms with Crippen LogP contribution in [0.1, 0.15) is 72.5 Å². The molecule has 0 fully saturated rings. The van der Waals surface area contributed by atoms with Crippen LogP contribution >= 0.6 is 0 Å². The first kappa shape index (κ1) is 20.6. The summed E-state index contributed by atoms with van der Waals surface area (Å²) < 4.78 is 0. The number of carbonyl (C=O) groups is 3. The number of urea groups is 1. The van der Waals surface area contributed by atoms with Crippen molar-refractivity contribution in [1.29, 1.82) is 0 Å². The van der Waals surface area contributed by atoms with Gasteiger partial charge in [-0.05, 0) is 63.4 Å². The minimum atomic E-state index is -0.610. The maximum atomic E-state index is 12.7. The van der Waals surface area contributed by atoms with Gasteiger partial charge in [0.15, 0.2) is 0 Å². The van der Waals surface area contributed by atoms with Crippen LogP contribution in [0.15, 0.2) is 42.5 Å². The fraction of sp³-hybridized carbons (Fsp3) is 0.348. The molecule has 0 aliphatic carbocycles. The van der Waals surface area contributed by atoms with Crippen molar-refractivity contribution in [2.24, 2.45) is 0 Å². The molecule has 4 amide bonds. The Morgan fingerprint density at radius 1 is 1.00 bits per heavy atom. The minimum Gasteiger partial charge on any atom is -0.331 e. The summed E-state index contributed by atoms with van der Waals surface area (Å²) in [5.41, 5.74) is 2.78. The Labute approximate surface area is 171 Å². The van der Waals surface area contributed by atoms with Crippen molar-refractivity contribution in [2.45, 2.75) is 52.6 Å². The van der Waals surface area contributed by atoms with E-state index < -0.39 is 5.54 Å². The normalized spacial score (nSPS) is 14.6. The predicted octanol–water partition coefficient (Wildman–Crippen LogP) is 4.53. The molecule has 2 aromatic rings. The molecule has 0 aromatic heterocycles. The molecule has 0 saturated heterocycles. The smallest absolute Gasteiger partial charge is 0.319 e. The Bertz CT molecular complexity index is 958. The quantitative estimate of drug-likeness (QED) is 0.749. The standard InChI is InChI=1S/C23H27N3O3/c1-6-15-7-9-16(10-8-15)14(2)24-22(29)25-17-11-12-18-19(13-17)21(28)26(20(18)27)23(3,4)5/h7-14H,6H2,1-5H3,(H2,24,25,29). The zero-order valence-corrected chi connectivity index (χ0v) is 17.5. The van der Waals surface area contributed by atoms with Crippen LogP contribution in [0.2, 0.25) is 0 Å². The highest BCUT2D eigenvalue weighted by Gasteiger charge is 2.41. The van der Waals surface area contributed by atoms with Crippen molar-refractivity contribution in [1.82, 2.24) is 10.2 Å². The van der Waals surface area contributed by atoms with Gasteiger partial charge in [0, 0.05) is 11.2 Å². The highest BCUT2D eigenvalue weighted by atomic mass is 16.2. The van der Waals surface area contributed by atoms with Crippen LogP contribution in [0.5, 0.6) is 0 Å². The first-order valence-electron chi connectivity index (χ1n) is 9.81. The molecule has 0 bridgehead atoms. The van der Waals surface area contributed by atoms with Crippen LogP contribution in [0.3, 0.4) is 0 Å². The second-order valence-corrected chi connectivity index (χ2v) is 8.29. The number of nitrogens with one attached hydrogen (secondary N) is 2. The topological polar surface area (TPSA) is 78.5 Å². The SMILES string of the molecule is CCc1ccc(C(C)NC(=O)Nc2ccc3c(c2)C(=O)N(C(C)(C)C)C3=O)cc1. The molecule has 6 heteroatoms. The van der Waals surface area contributed by atoms with Crippen molar-refractivity contribution in [3.63, 3.8) is 0 Å². The summed E-state index contributed by atoms with van der Waals surface area (Å²) in [5.74, 6) is -0.649. The van der Waals surface area contributed by atoms with E-state index in [0.29, 0.717) is 16.8 Å². The fourth-order valence-electron chi connectivity index (χ4n) is 3.42. The lowest BCUT2D eigenvalue weighted by Crippen LogP contribution is -2.45. The number of carbonyl (C=O) groups excluding carboxylic acids is 3. The number of anilines is 1. The Kier molecular flexibility index (Phi) is 5.46. The number of amides is 4. The summed E-state index contributed by atoms with van der Waals surface area (Å²) in [6.07, 6.45) is 0.967. The van der Waals surface area contributed by atoms with Gasteiger partial charge in [0.05, 0.1) is 17.2 Å². The van der Waals surface area contributed by atoms with E-state index in [1.54, 1.807) is 18.2 Å². The summed E-state index contributed by atoms with van der Waals surface area (Å²) in [4.78, 5) is 38.9. The van der Waals surface area contributed by atoms with Crippen molar-refractivity contribution >= 4 is 23.5 Å². The molecule has 0 saturated carbocycles. The van der Waals surface area contributed by atoms with Gasteiger partial charge >= 0.3 is 6.03 Å². The summed E-state index contributed by atoms with van der Waals surface area (Å²) in [5, 5.41) is 5.64. The van der Waals surface area contributed by atoms with Crippen molar-refractivity contribution in [3.8, 4) is 0 Å². The molecule has 2 N–H and O–H groups in total. The molecule has 2 aromatic carbocycles. The number of imide groups is 1. The third kappa shape index (κ3) is 4.16. The second kappa shape index (κ2) is 7.70. The van der Waals surface area contributed by atoms with E-state index >= 15 is 0 Å². The van der Waals surface area contributed by atoms with Gasteiger partial charge in [0.1, 0.15) is 0 Å². The minimum absolute atomic E-state index is 0.171. The van der Waals surface area contributed by atoms with Gasteiger partial charge in [-0.2, -0.15) is 0 Å². The molecular weight excluding hydrogens is 366 g/mol. The monoisotopic (exact) mass is 393 g/mol. The van der Waals surface area contributed by atoms with E-state index in [1.165, 1.54) is 10.5 Å². The van der Waals surface area contributed by atoms with Crippen LogP contribution in [0.25, 0.3) is 0 Å². The van der Waals surface area contributed by atoms with E-state index in [4.69, 9.17) is 0 Å². The van der Waals surface area contributed by atoms with E-state index in [9.17, 15) is 14.4 Å². The number of aryl methyl sites for hydroxylation is 1. The molecule has 1 atom stereocenters. The number of rotatable bonds is 4. The molecule has 0 spiro atoms. The lowest BCUT2D eigenvalue weighted by Gasteiger charge is -2.29. The Balaban J connectivity index is 1.70. The maximum absolute atomic E-state index is 12.7. The molecule has 6 nitrogen and oxygen atoms in total. The molecule has 1 aliphatic rings. The van der Waals surface area contributed by atoms with E-state index in [2.05, 4.69) is 29.7 Å². The van der Waals surface area contributed by atoms with Gasteiger partial charge in [0.25, 0.3) is 11.8 Å². The number of fused-ring (bicyclic) bond motifs is 1. The van der Waals surface area contributed by atoms with Gasteiger partial charge < -0.3 is 10.6 Å². The highest BCUT2D eigenvalue weighted by molar-refractivity contribution is 6.22. The second-order valence-electron chi connectivity index (χ2n) is 8.29. The molecule has 1 aliphatic heterocycles. The van der Waals surface area contributed by atoms with E-state index in [1.807, 2.05) is 39.8 Å². The number of nitrogens with zero attached hydrogens (tertiary/aromatic N) is 1. The van der Waals surface area contributed by atoms with Gasteiger partial charge in [-0.15, -0.1) is 0 Å². The van der Waals surface area contributed by atoms with Crippen LogP contribution < -0.4 is 10.6 Å². The molecule has 152 valence electrons. The Morgan fingerprint density at radius 2 is 1.62 bits per heavy atom. The van der Waals surface area contributed by atoms with E-state index in [0.717, 1.165) is 12.0 Å². The van der Waals surface area contributed by atoms with Gasteiger partial charge in [-0.1, -0.05) is 31.2 Å². The highest BCUT2D eigenvalue weighted by Crippen LogP contribution is 2.31. The number of hydrogen-bond acceptors (Lipinski definition) is 3. The third-order valence-corrected chi connectivity index (χ3v) is 5.05. The van der Waals surface area contributed by atoms with Crippen LogP contribution in [0.4, 0.5) is 10.5 Å². The lowest BCUT2D eigenvalue weighted by atomic mass is 10.1. The zero-order valence-electron chi connectivity index (χ0n) is 17.5. The molecule has 3 rings (SSSR count).